The number of rotatable bonds is 6. The lowest BCUT2D eigenvalue weighted by Crippen LogP contribution is -2.50. The Labute approximate surface area is 172 Å². The monoisotopic (exact) mass is 420 g/mol. The van der Waals surface area contributed by atoms with Gasteiger partial charge in [0.15, 0.2) is 0 Å². The molecule has 0 radical (unpaired) electrons. The van der Waals surface area contributed by atoms with Crippen LogP contribution >= 0.6 is 11.6 Å². The lowest BCUT2D eigenvalue weighted by Gasteiger charge is -2.34. The molecule has 2 aromatic carbocycles. The summed E-state index contributed by atoms with van der Waals surface area (Å²) in [6.45, 7) is 3.48. The third kappa shape index (κ3) is 4.74. The number of carbonyl (C=O) groups excluding carboxylic acids is 1. The summed E-state index contributed by atoms with van der Waals surface area (Å²) in [6, 6.07) is 14.8. The molecule has 1 aliphatic heterocycles. The summed E-state index contributed by atoms with van der Waals surface area (Å²) in [7, 11) is -3.64. The van der Waals surface area contributed by atoms with Crippen LogP contribution in [0.1, 0.15) is 24.5 Å². The van der Waals surface area contributed by atoms with Crippen LogP contribution in [-0.4, -0.2) is 49.7 Å². The number of hydrogen-bond donors (Lipinski definition) is 0. The Hall–Kier alpha value is -1.89. The second-order valence-electron chi connectivity index (χ2n) is 6.89. The molecule has 1 fully saturated rings. The first-order valence-electron chi connectivity index (χ1n) is 9.52. The summed E-state index contributed by atoms with van der Waals surface area (Å²) < 4.78 is 27.0. The molecule has 1 amide bonds. The fourth-order valence-electron chi connectivity index (χ4n) is 3.32. The summed E-state index contributed by atoms with van der Waals surface area (Å²) in [5, 5.41) is 0.218. The van der Waals surface area contributed by atoms with Crippen molar-refractivity contribution < 1.29 is 13.2 Å². The molecule has 0 N–H and O–H groups in total. The lowest BCUT2D eigenvalue weighted by molar-refractivity contribution is -0.132. The molecule has 1 heterocycles. The third-order valence-electron chi connectivity index (χ3n) is 5.10. The van der Waals surface area contributed by atoms with Crippen LogP contribution in [0.15, 0.2) is 53.4 Å². The van der Waals surface area contributed by atoms with E-state index < -0.39 is 10.0 Å². The first-order chi connectivity index (χ1) is 13.4. The number of hydrogen-bond acceptors (Lipinski definition) is 3. The number of amides is 1. The highest BCUT2D eigenvalue weighted by Gasteiger charge is 2.31. The van der Waals surface area contributed by atoms with Crippen molar-refractivity contribution >= 4 is 27.5 Å². The topological polar surface area (TPSA) is 57.7 Å². The first-order valence-corrected chi connectivity index (χ1v) is 11.3. The summed E-state index contributed by atoms with van der Waals surface area (Å²) in [6.07, 6.45) is 2.13. The van der Waals surface area contributed by atoms with E-state index in [0.717, 1.165) is 12.0 Å². The predicted molar refractivity (Wildman–Crippen MR) is 111 cm³/mol. The molecule has 0 aliphatic carbocycles. The second kappa shape index (κ2) is 9.07. The van der Waals surface area contributed by atoms with Gasteiger partial charge in [0.05, 0.1) is 5.02 Å². The highest BCUT2D eigenvalue weighted by atomic mass is 35.5. The Morgan fingerprint density at radius 2 is 1.57 bits per heavy atom. The van der Waals surface area contributed by atoms with Crippen LogP contribution < -0.4 is 0 Å². The molecular weight excluding hydrogens is 396 g/mol. The predicted octanol–water partition coefficient (Wildman–Crippen LogP) is 3.37. The van der Waals surface area contributed by atoms with Crippen molar-refractivity contribution in [1.82, 2.24) is 9.21 Å². The van der Waals surface area contributed by atoms with Crippen molar-refractivity contribution in [2.75, 3.05) is 26.2 Å². The molecule has 3 rings (SSSR count). The number of carbonyl (C=O) groups is 1. The summed E-state index contributed by atoms with van der Waals surface area (Å²) in [5.41, 5.74) is 2.43. The summed E-state index contributed by atoms with van der Waals surface area (Å²) in [4.78, 5) is 14.4. The van der Waals surface area contributed by atoms with Gasteiger partial charge in [0.25, 0.3) is 0 Å². The Morgan fingerprint density at radius 3 is 2.18 bits per heavy atom. The van der Waals surface area contributed by atoms with Gasteiger partial charge in [-0.1, -0.05) is 54.9 Å². The zero-order valence-electron chi connectivity index (χ0n) is 16.0. The van der Waals surface area contributed by atoms with Gasteiger partial charge in [0, 0.05) is 32.6 Å². The Kier molecular flexibility index (Phi) is 6.75. The van der Waals surface area contributed by atoms with Gasteiger partial charge in [-0.3, -0.25) is 4.79 Å². The second-order valence-corrected chi connectivity index (χ2v) is 9.20. The molecule has 0 saturated carbocycles. The van der Waals surface area contributed by atoms with Crippen LogP contribution in [0.2, 0.25) is 5.02 Å². The molecular formula is C21H25ClN2O3S. The van der Waals surface area contributed by atoms with Crippen LogP contribution in [0.5, 0.6) is 0 Å². The summed E-state index contributed by atoms with van der Waals surface area (Å²) in [5.74, 6) is 0.0642. The largest absolute Gasteiger partial charge is 0.340 e. The highest BCUT2D eigenvalue weighted by Crippen LogP contribution is 2.25. The van der Waals surface area contributed by atoms with E-state index in [0.29, 0.717) is 25.9 Å². The van der Waals surface area contributed by atoms with Gasteiger partial charge in [0.1, 0.15) is 4.90 Å². The summed E-state index contributed by atoms with van der Waals surface area (Å²) >= 11 is 6.06. The first kappa shape index (κ1) is 20.8. The number of piperazine rings is 1. The Bertz CT molecular complexity index is 921. The molecule has 5 nitrogen and oxygen atoms in total. The molecule has 0 atom stereocenters. The van der Waals surface area contributed by atoms with Crippen LogP contribution in [0.25, 0.3) is 0 Å². The molecule has 1 saturated heterocycles. The van der Waals surface area contributed by atoms with Gasteiger partial charge in [-0.05, 0) is 36.1 Å². The molecule has 150 valence electrons. The van der Waals surface area contributed by atoms with Gasteiger partial charge in [-0.15, -0.1) is 0 Å². The zero-order chi connectivity index (χ0) is 20.1. The molecule has 0 spiro atoms. The van der Waals surface area contributed by atoms with E-state index in [9.17, 15) is 13.2 Å². The van der Waals surface area contributed by atoms with E-state index in [1.807, 2.05) is 0 Å². The smallest absolute Gasteiger partial charge is 0.244 e. The van der Waals surface area contributed by atoms with Gasteiger partial charge >= 0.3 is 0 Å². The maximum atomic E-state index is 12.8. The van der Waals surface area contributed by atoms with Gasteiger partial charge in [-0.25, -0.2) is 8.42 Å². The maximum Gasteiger partial charge on any atom is 0.244 e. The number of aryl methyl sites for hydroxylation is 2. The minimum atomic E-state index is -3.64. The average Bonchev–Trinajstić information content (AvgIpc) is 2.72. The quantitative estimate of drug-likeness (QED) is 0.719. The minimum absolute atomic E-state index is 0.0642. The fraction of sp³-hybridized carbons (Fsp3) is 0.381. The van der Waals surface area contributed by atoms with Crippen molar-refractivity contribution in [3.8, 4) is 0 Å². The van der Waals surface area contributed by atoms with Crippen LogP contribution in [0, 0.1) is 0 Å². The Morgan fingerprint density at radius 1 is 0.964 bits per heavy atom. The van der Waals surface area contributed by atoms with Crippen molar-refractivity contribution in [3.63, 3.8) is 0 Å². The number of benzene rings is 2. The molecule has 0 bridgehead atoms. The number of halogens is 1. The van der Waals surface area contributed by atoms with Gasteiger partial charge < -0.3 is 4.90 Å². The van der Waals surface area contributed by atoms with Crippen LogP contribution in [0.3, 0.4) is 0 Å². The van der Waals surface area contributed by atoms with Crippen molar-refractivity contribution in [3.05, 3.63) is 64.7 Å². The zero-order valence-corrected chi connectivity index (χ0v) is 17.5. The van der Waals surface area contributed by atoms with Crippen LogP contribution in [0.4, 0.5) is 0 Å². The van der Waals surface area contributed by atoms with E-state index >= 15 is 0 Å². The van der Waals surface area contributed by atoms with Crippen molar-refractivity contribution in [2.24, 2.45) is 0 Å². The van der Waals surface area contributed by atoms with Gasteiger partial charge in [-0.2, -0.15) is 4.31 Å². The van der Waals surface area contributed by atoms with E-state index in [-0.39, 0.29) is 28.9 Å². The fourth-order valence-corrected chi connectivity index (χ4v) is 5.24. The molecule has 0 aromatic heterocycles. The average molecular weight is 421 g/mol. The maximum absolute atomic E-state index is 12.8. The molecule has 0 unspecified atom stereocenters. The molecule has 1 aliphatic rings. The van der Waals surface area contributed by atoms with E-state index in [1.165, 1.54) is 15.9 Å². The molecule has 28 heavy (non-hydrogen) atoms. The standard InChI is InChI=1S/C21H25ClN2O3S/c1-2-17-7-9-18(10-8-17)11-12-21(25)23-13-15-24(16-14-23)28(26,27)20-6-4-3-5-19(20)22/h3-10H,2,11-16H2,1H3. The van der Waals surface area contributed by atoms with E-state index in [2.05, 4.69) is 31.2 Å². The number of nitrogens with zero attached hydrogens (tertiary/aromatic N) is 2. The van der Waals surface area contributed by atoms with Crippen molar-refractivity contribution in [1.29, 1.82) is 0 Å². The molecule has 2 aromatic rings. The minimum Gasteiger partial charge on any atom is -0.340 e. The normalized spacial score (nSPS) is 15.6. The van der Waals surface area contributed by atoms with Gasteiger partial charge in [0.2, 0.25) is 15.9 Å². The Balaban J connectivity index is 1.54. The SMILES string of the molecule is CCc1ccc(CCC(=O)N2CCN(S(=O)(=O)c3ccccc3Cl)CC2)cc1. The lowest BCUT2D eigenvalue weighted by atomic mass is 10.1. The van der Waals surface area contributed by atoms with E-state index in [1.54, 1.807) is 23.1 Å². The van der Waals surface area contributed by atoms with Crippen molar-refractivity contribution in [2.45, 2.75) is 31.1 Å². The van der Waals surface area contributed by atoms with E-state index in [4.69, 9.17) is 11.6 Å². The van der Waals surface area contributed by atoms with Crippen LogP contribution in [-0.2, 0) is 27.7 Å². The highest BCUT2D eigenvalue weighted by molar-refractivity contribution is 7.89. The third-order valence-corrected chi connectivity index (χ3v) is 7.50. The molecule has 7 heteroatoms. The number of sulfonamides is 1.